The van der Waals surface area contributed by atoms with Crippen molar-refractivity contribution in [2.45, 2.75) is 6.54 Å². The normalized spacial score (nSPS) is 10.3. The van der Waals surface area contributed by atoms with Crippen LogP contribution in [-0.2, 0) is 6.54 Å². The lowest BCUT2D eigenvalue weighted by Crippen LogP contribution is -2.18. The molecule has 0 aromatic heterocycles. The van der Waals surface area contributed by atoms with Gasteiger partial charge in [-0.15, -0.1) is 0 Å². The average molecular weight is 277 g/mol. The van der Waals surface area contributed by atoms with Crippen LogP contribution in [0.1, 0.15) is 5.56 Å². The van der Waals surface area contributed by atoms with Gasteiger partial charge in [0, 0.05) is 18.6 Å². The van der Waals surface area contributed by atoms with Gasteiger partial charge in [0.2, 0.25) is 0 Å². The molecule has 0 atom stereocenters. The minimum atomic E-state index is 0.654. The maximum Gasteiger partial charge on any atom is 0.143 e. The summed E-state index contributed by atoms with van der Waals surface area (Å²) in [6.07, 6.45) is 0. The number of benzene rings is 2. The Morgan fingerprint density at radius 1 is 1.16 bits per heavy atom. The van der Waals surface area contributed by atoms with Crippen molar-refractivity contribution in [1.29, 1.82) is 0 Å². The van der Waals surface area contributed by atoms with Crippen molar-refractivity contribution >= 4 is 23.0 Å². The SMILES string of the molecule is COc1cccc(N(C)Cc2ccc(Cl)cc2)c1N. The zero-order valence-corrected chi connectivity index (χ0v) is 11.8. The molecule has 0 fully saturated rings. The summed E-state index contributed by atoms with van der Waals surface area (Å²) in [5, 5.41) is 0.743. The van der Waals surface area contributed by atoms with Gasteiger partial charge in [0.1, 0.15) is 5.75 Å². The molecule has 0 saturated heterocycles. The van der Waals surface area contributed by atoms with E-state index in [4.69, 9.17) is 22.1 Å². The highest BCUT2D eigenvalue weighted by Crippen LogP contribution is 2.32. The Balaban J connectivity index is 2.20. The topological polar surface area (TPSA) is 38.5 Å². The molecule has 2 aromatic carbocycles. The van der Waals surface area contributed by atoms with Gasteiger partial charge >= 0.3 is 0 Å². The second-order valence-electron chi connectivity index (χ2n) is 4.38. The predicted octanol–water partition coefficient (Wildman–Crippen LogP) is 3.57. The van der Waals surface area contributed by atoms with Gasteiger partial charge < -0.3 is 15.4 Å². The minimum absolute atomic E-state index is 0.654. The number of hydrogen-bond acceptors (Lipinski definition) is 3. The molecule has 0 bridgehead atoms. The molecule has 0 aliphatic carbocycles. The molecule has 0 spiro atoms. The van der Waals surface area contributed by atoms with E-state index in [9.17, 15) is 0 Å². The van der Waals surface area contributed by atoms with Gasteiger partial charge in [-0.1, -0.05) is 29.8 Å². The van der Waals surface area contributed by atoms with Crippen molar-refractivity contribution in [3.8, 4) is 5.75 Å². The molecular weight excluding hydrogens is 260 g/mol. The highest BCUT2D eigenvalue weighted by atomic mass is 35.5. The van der Waals surface area contributed by atoms with Crippen LogP contribution in [0.5, 0.6) is 5.75 Å². The van der Waals surface area contributed by atoms with E-state index in [0.29, 0.717) is 11.4 Å². The van der Waals surface area contributed by atoms with Gasteiger partial charge in [0.05, 0.1) is 18.5 Å². The number of nitrogen functional groups attached to an aromatic ring is 1. The molecule has 0 aliphatic rings. The molecule has 0 unspecified atom stereocenters. The summed E-state index contributed by atoms with van der Waals surface area (Å²) in [4.78, 5) is 2.08. The van der Waals surface area contributed by atoms with E-state index in [2.05, 4.69) is 4.90 Å². The van der Waals surface area contributed by atoms with E-state index in [1.165, 1.54) is 5.56 Å². The van der Waals surface area contributed by atoms with Crippen molar-refractivity contribution in [2.75, 3.05) is 24.8 Å². The zero-order chi connectivity index (χ0) is 13.8. The van der Waals surface area contributed by atoms with Gasteiger partial charge in [-0.3, -0.25) is 0 Å². The molecule has 19 heavy (non-hydrogen) atoms. The monoisotopic (exact) mass is 276 g/mol. The summed E-state index contributed by atoms with van der Waals surface area (Å²) in [6.45, 7) is 0.758. The number of ether oxygens (including phenoxy) is 1. The smallest absolute Gasteiger partial charge is 0.143 e. The Kier molecular flexibility index (Phi) is 4.17. The van der Waals surface area contributed by atoms with Gasteiger partial charge in [0.25, 0.3) is 0 Å². The maximum atomic E-state index is 6.08. The third-order valence-electron chi connectivity index (χ3n) is 3.01. The molecule has 2 rings (SSSR count). The molecule has 3 nitrogen and oxygen atoms in total. The number of halogens is 1. The predicted molar refractivity (Wildman–Crippen MR) is 81.0 cm³/mol. The number of rotatable bonds is 4. The Hall–Kier alpha value is -1.87. The minimum Gasteiger partial charge on any atom is -0.495 e. The fraction of sp³-hybridized carbons (Fsp3) is 0.200. The van der Waals surface area contributed by atoms with E-state index in [0.717, 1.165) is 17.3 Å². The highest BCUT2D eigenvalue weighted by Gasteiger charge is 2.09. The molecule has 2 aromatic rings. The van der Waals surface area contributed by atoms with Crippen molar-refractivity contribution in [3.63, 3.8) is 0 Å². The molecule has 0 heterocycles. The standard InChI is InChI=1S/C15H17ClN2O/c1-18(10-11-6-8-12(16)9-7-11)13-4-3-5-14(19-2)15(13)17/h3-9H,10,17H2,1-2H3. The van der Waals surface area contributed by atoms with Crippen LogP contribution in [0.4, 0.5) is 11.4 Å². The fourth-order valence-corrected chi connectivity index (χ4v) is 2.12. The van der Waals surface area contributed by atoms with Crippen LogP contribution < -0.4 is 15.4 Å². The van der Waals surface area contributed by atoms with Crippen LogP contribution in [-0.4, -0.2) is 14.2 Å². The first kappa shape index (κ1) is 13.6. The van der Waals surface area contributed by atoms with Crippen LogP contribution in [0, 0.1) is 0 Å². The largest absolute Gasteiger partial charge is 0.495 e. The summed E-state index contributed by atoms with van der Waals surface area (Å²) in [5.41, 5.74) is 8.87. The lowest BCUT2D eigenvalue weighted by Gasteiger charge is -2.22. The Labute approximate surface area is 118 Å². The molecule has 4 heteroatoms. The van der Waals surface area contributed by atoms with Crippen molar-refractivity contribution in [3.05, 3.63) is 53.1 Å². The van der Waals surface area contributed by atoms with E-state index in [1.54, 1.807) is 7.11 Å². The maximum absolute atomic E-state index is 6.08. The van der Waals surface area contributed by atoms with E-state index in [1.807, 2.05) is 49.5 Å². The van der Waals surface area contributed by atoms with Gasteiger partial charge in [0.15, 0.2) is 0 Å². The van der Waals surface area contributed by atoms with Crippen LogP contribution in [0.25, 0.3) is 0 Å². The highest BCUT2D eigenvalue weighted by molar-refractivity contribution is 6.30. The molecule has 0 amide bonds. The third kappa shape index (κ3) is 3.12. The first-order valence-electron chi connectivity index (χ1n) is 6.00. The van der Waals surface area contributed by atoms with E-state index >= 15 is 0 Å². The molecular formula is C15H17ClN2O. The lowest BCUT2D eigenvalue weighted by molar-refractivity contribution is 0.417. The van der Waals surface area contributed by atoms with Gasteiger partial charge in [-0.2, -0.15) is 0 Å². The van der Waals surface area contributed by atoms with Gasteiger partial charge in [-0.25, -0.2) is 0 Å². The van der Waals surface area contributed by atoms with E-state index in [-0.39, 0.29) is 0 Å². The number of hydrogen-bond donors (Lipinski definition) is 1. The Morgan fingerprint density at radius 2 is 1.84 bits per heavy atom. The van der Waals surface area contributed by atoms with Crippen LogP contribution >= 0.6 is 11.6 Å². The van der Waals surface area contributed by atoms with Crippen molar-refractivity contribution < 1.29 is 4.74 Å². The first-order valence-corrected chi connectivity index (χ1v) is 6.37. The summed E-state index contributed by atoms with van der Waals surface area (Å²) in [7, 11) is 3.62. The number of methoxy groups -OCH3 is 1. The fourth-order valence-electron chi connectivity index (χ4n) is 1.99. The zero-order valence-electron chi connectivity index (χ0n) is 11.1. The molecule has 0 radical (unpaired) electrons. The molecule has 0 saturated carbocycles. The lowest BCUT2D eigenvalue weighted by atomic mass is 10.2. The van der Waals surface area contributed by atoms with Crippen molar-refractivity contribution in [2.24, 2.45) is 0 Å². The number of nitrogens with two attached hydrogens (primary N) is 1. The Morgan fingerprint density at radius 3 is 2.47 bits per heavy atom. The summed E-state index contributed by atoms with van der Waals surface area (Å²) < 4.78 is 5.23. The summed E-state index contributed by atoms with van der Waals surface area (Å²) >= 11 is 5.88. The number of nitrogens with zero attached hydrogens (tertiary/aromatic N) is 1. The molecule has 2 N–H and O–H groups in total. The quantitative estimate of drug-likeness (QED) is 0.868. The summed E-state index contributed by atoms with van der Waals surface area (Å²) in [6, 6.07) is 13.6. The summed E-state index contributed by atoms with van der Waals surface area (Å²) in [5.74, 6) is 0.695. The van der Waals surface area contributed by atoms with E-state index < -0.39 is 0 Å². The second-order valence-corrected chi connectivity index (χ2v) is 4.81. The van der Waals surface area contributed by atoms with Gasteiger partial charge in [-0.05, 0) is 29.8 Å². The first-order chi connectivity index (χ1) is 9.11. The molecule has 100 valence electrons. The molecule has 0 aliphatic heterocycles. The average Bonchev–Trinajstić information content (AvgIpc) is 2.41. The third-order valence-corrected chi connectivity index (χ3v) is 3.26. The number of para-hydroxylation sites is 1. The van der Waals surface area contributed by atoms with Crippen LogP contribution in [0.15, 0.2) is 42.5 Å². The van der Waals surface area contributed by atoms with Crippen molar-refractivity contribution in [1.82, 2.24) is 0 Å². The second kappa shape index (κ2) is 5.85. The van der Waals surface area contributed by atoms with Crippen LogP contribution in [0.2, 0.25) is 5.02 Å². The number of anilines is 2. The Bertz CT molecular complexity index is 555. The van der Waals surface area contributed by atoms with Crippen LogP contribution in [0.3, 0.4) is 0 Å².